The predicted molar refractivity (Wildman–Crippen MR) is 135 cm³/mol. The van der Waals surface area contributed by atoms with Gasteiger partial charge in [-0.2, -0.15) is 0 Å². The van der Waals surface area contributed by atoms with Crippen LogP contribution in [0.5, 0.6) is 0 Å². The number of hydrogen-bond acceptors (Lipinski definition) is 6. The van der Waals surface area contributed by atoms with Gasteiger partial charge in [0.1, 0.15) is 5.82 Å². The number of ether oxygens (including phenoxy) is 1. The summed E-state index contributed by atoms with van der Waals surface area (Å²) in [4.78, 5) is 43.5. The number of nitrogens with zero attached hydrogens (tertiary/aromatic N) is 3. The van der Waals surface area contributed by atoms with Crippen LogP contribution in [0, 0.1) is 0 Å². The van der Waals surface area contributed by atoms with E-state index in [1.807, 2.05) is 19.0 Å². The molecule has 0 spiro atoms. The van der Waals surface area contributed by atoms with E-state index in [-0.39, 0.29) is 30.4 Å². The Balaban J connectivity index is 1.65. The highest BCUT2D eigenvalue weighted by Crippen LogP contribution is 2.11. The molecule has 0 aliphatic heterocycles. The van der Waals surface area contributed by atoms with E-state index >= 15 is 0 Å². The van der Waals surface area contributed by atoms with Crippen molar-refractivity contribution in [3.8, 4) is 5.69 Å². The fourth-order valence-electron chi connectivity index (χ4n) is 3.17. The lowest BCUT2D eigenvalue weighted by atomic mass is 10.1. The van der Waals surface area contributed by atoms with Gasteiger partial charge in [-0.25, -0.2) is 4.98 Å². The first-order valence-corrected chi connectivity index (χ1v) is 11.4. The number of hydrogen-bond donors (Lipinski definition) is 2. The second-order valence-corrected chi connectivity index (χ2v) is 8.55. The van der Waals surface area contributed by atoms with Crippen molar-refractivity contribution < 1.29 is 14.3 Å². The number of aromatic nitrogens is 2. The van der Waals surface area contributed by atoms with Crippen LogP contribution in [0.15, 0.2) is 71.8 Å². The molecule has 9 nitrogen and oxygen atoms in total. The van der Waals surface area contributed by atoms with Gasteiger partial charge in [-0.15, -0.1) is 0 Å². The van der Waals surface area contributed by atoms with Gasteiger partial charge in [-0.05, 0) is 56.6 Å². The van der Waals surface area contributed by atoms with Crippen LogP contribution in [0.25, 0.3) is 5.69 Å². The fraction of sp³-hybridized carbons (Fsp3) is 0.280. The van der Waals surface area contributed by atoms with Gasteiger partial charge < -0.3 is 20.3 Å². The number of rotatable bonds is 11. The van der Waals surface area contributed by atoms with Crippen LogP contribution in [0.2, 0.25) is 5.02 Å². The highest BCUT2D eigenvalue weighted by molar-refractivity contribution is 6.30. The van der Waals surface area contributed by atoms with Gasteiger partial charge in [0, 0.05) is 42.7 Å². The van der Waals surface area contributed by atoms with Crippen LogP contribution >= 0.6 is 11.6 Å². The van der Waals surface area contributed by atoms with Crippen LogP contribution in [-0.4, -0.2) is 66.2 Å². The zero-order valence-corrected chi connectivity index (χ0v) is 20.4. The molecule has 3 aromatic rings. The van der Waals surface area contributed by atoms with Crippen molar-refractivity contribution in [2.45, 2.75) is 12.5 Å². The van der Waals surface area contributed by atoms with E-state index in [0.29, 0.717) is 35.2 Å². The molecule has 2 aromatic heterocycles. The summed E-state index contributed by atoms with van der Waals surface area (Å²) in [6, 6.07) is 14.2. The number of carbonyl (C=O) groups is 2. The van der Waals surface area contributed by atoms with E-state index < -0.39 is 6.04 Å². The average molecular weight is 498 g/mol. The van der Waals surface area contributed by atoms with Crippen molar-refractivity contribution in [1.82, 2.24) is 19.8 Å². The van der Waals surface area contributed by atoms with Gasteiger partial charge in [0.05, 0.1) is 24.3 Å². The summed E-state index contributed by atoms with van der Waals surface area (Å²) in [6.45, 7) is 1.33. The Morgan fingerprint density at radius 2 is 1.89 bits per heavy atom. The molecule has 35 heavy (non-hydrogen) atoms. The molecule has 184 valence electrons. The largest absolute Gasteiger partial charge is 0.378 e. The molecule has 0 aliphatic carbocycles. The monoisotopic (exact) mass is 497 g/mol. The number of amides is 2. The van der Waals surface area contributed by atoms with Gasteiger partial charge in [0.25, 0.3) is 11.5 Å². The van der Waals surface area contributed by atoms with Crippen molar-refractivity contribution in [3.05, 3.63) is 87.9 Å². The van der Waals surface area contributed by atoms with E-state index in [9.17, 15) is 14.4 Å². The molecular formula is C25H28ClN5O4. The summed E-state index contributed by atoms with van der Waals surface area (Å²) in [5, 5.41) is 6.03. The lowest BCUT2D eigenvalue weighted by Gasteiger charge is -2.19. The molecular weight excluding hydrogens is 470 g/mol. The molecule has 1 aromatic carbocycles. The minimum absolute atomic E-state index is 0.00446. The highest BCUT2D eigenvalue weighted by Gasteiger charge is 2.19. The zero-order chi connectivity index (χ0) is 25.2. The first-order chi connectivity index (χ1) is 16.8. The number of carbonyl (C=O) groups excluding carboxylic acids is 2. The summed E-state index contributed by atoms with van der Waals surface area (Å²) in [6.07, 6.45) is 3.09. The molecule has 2 amide bonds. The van der Waals surface area contributed by atoms with Gasteiger partial charge in [-0.3, -0.25) is 19.0 Å². The normalized spacial score (nSPS) is 11.8. The van der Waals surface area contributed by atoms with Crippen LogP contribution < -0.4 is 16.2 Å². The SMILES string of the molecule is CN(C)CCOCC(CC(=O)Nc1ccc(Cl)cn1)NC(=O)c1ccc(-n2ccccc2=O)cc1. The van der Waals surface area contributed by atoms with E-state index in [1.165, 1.54) is 16.8 Å². The summed E-state index contributed by atoms with van der Waals surface area (Å²) < 4.78 is 7.18. The Kier molecular flexibility index (Phi) is 9.54. The van der Waals surface area contributed by atoms with Crippen molar-refractivity contribution in [2.24, 2.45) is 0 Å². The number of pyridine rings is 2. The molecule has 0 fully saturated rings. The average Bonchev–Trinajstić information content (AvgIpc) is 2.83. The molecule has 1 unspecified atom stereocenters. The molecule has 0 radical (unpaired) electrons. The maximum atomic E-state index is 12.9. The van der Waals surface area contributed by atoms with E-state index in [0.717, 1.165) is 0 Å². The van der Waals surface area contributed by atoms with Crippen LogP contribution in [0.3, 0.4) is 0 Å². The third-order valence-corrected chi connectivity index (χ3v) is 5.22. The Morgan fingerprint density at radius 1 is 1.11 bits per heavy atom. The van der Waals surface area contributed by atoms with Gasteiger partial charge in [0.2, 0.25) is 5.91 Å². The van der Waals surface area contributed by atoms with Crippen LogP contribution in [0.1, 0.15) is 16.8 Å². The molecule has 0 aliphatic rings. The van der Waals surface area contributed by atoms with E-state index in [1.54, 1.807) is 54.7 Å². The van der Waals surface area contributed by atoms with Crippen molar-refractivity contribution in [1.29, 1.82) is 0 Å². The Hall–Kier alpha value is -3.53. The summed E-state index contributed by atoms with van der Waals surface area (Å²) in [5.41, 5.74) is 0.877. The van der Waals surface area contributed by atoms with Gasteiger partial charge >= 0.3 is 0 Å². The first kappa shape index (κ1) is 26.1. The summed E-state index contributed by atoms with van der Waals surface area (Å²) >= 11 is 5.83. The topological polar surface area (TPSA) is 106 Å². The maximum absolute atomic E-state index is 12.9. The lowest BCUT2D eigenvalue weighted by Crippen LogP contribution is -2.41. The van der Waals surface area contributed by atoms with Crippen LogP contribution in [-0.2, 0) is 9.53 Å². The zero-order valence-electron chi connectivity index (χ0n) is 19.6. The molecule has 0 bridgehead atoms. The smallest absolute Gasteiger partial charge is 0.255 e. The minimum Gasteiger partial charge on any atom is -0.378 e. The molecule has 0 saturated heterocycles. The Morgan fingerprint density at radius 3 is 2.54 bits per heavy atom. The molecule has 3 rings (SSSR count). The van der Waals surface area contributed by atoms with Crippen molar-refractivity contribution in [2.75, 3.05) is 39.2 Å². The molecule has 10 heteroatoms. The second kappa shape index (κ2) is 12.8. The van der Waals surface area contributed by atoms with Crippen molar-refractivity contribution >= 4 is 29.2 Å². The molecule has 1 atom stereocenters. The fourth-order valence-corrected chi connectivity index (χ4v) is 3.29. The number of nitrogens with one attached hydrogen (secondary N) is 2. The quantitative estimate of drug-likeness (QED) is 0.394. The lowest BCUT2D eigenvalue weighted by molar-refractivity contribution is -0.117. The Bertz CT molecular complexity index is 1180. The number of anilines is 1. The Labute approximate surface area is 208 Å². The number of benzene rings is 1. The van der Waals surface area contributed by atoms with Crippen molar-refractivity contribution in [3.63, 3.8) is 0 Å². The summed E-state index contributed by atoms with van der Waals surface area (Å²) in [7, 11) is 3.87. The molecule has 2 N–H and O–H groups in total. The third kappa shape index (κ3) is 8.32. The molecule has 0 saturated carbocycles. The van der Waals surface area contributed by atoms with E-state index in [2.05, 4.69) is 15.6 Å². The van der Waals surface area contributed by atoms with E-state index in [4.69, 9.17) is 16.3 Å². The number of halogens is 1. The highest BCUT2D eigenvalue weighted by atomic mass is 35.5. The predicted octanol–water partition coefficient (Wildman–Crippen LogP) is 2.59. The second-order valence-electron chi connectivity index (χ2n) is 8.12. The first-order valence-electron chi connectivity index (χ1n) is 11.0. The van der Waals surface area contributed by atoms with Crippen LogP contribution in [0.4, 0.5) is 5.82 Å². The minimum atomic E-state index is -0.562. The third-order valence-electron chi connectivity index (χ3n) is 4.99. The standard InChI is InChI=1S/C25H28ClN5O4/c1-30(2)13-14-35-17-20(15-23(32)29-22-11-8-19(26)16-27-22)28-25(34)18-6-9-21(10-7-18)31-12-4-3-5-24(31)33/h3-12,16,20H,13-15,17H2,1-2H3,(H,28,34)(H,27,29,32). The maximum Gasteiger partial charge on any atom is 0.255 e. The van der Waals surface area contributed by atoms with Gasteiger partial charge in [0.15, 0.2) is 0 Å². The molecule has 2 heterocycles. The number of likely N-dealkylation sites (N-methyl/N-ethyl adjacent to an activating group) is 1. The summed E-state index contributed by atoms with van der Waals surface area (Å²) in [5.74, 6) is -0.305. The van der Waals surface area contributed by atoms with Gasteiger partial charge in [-0.1, -0.05) is 17.7 Å².